The average molecular weight is 465 g/mol. The highest BCUT2D eigenvalue weighted by Crippen LogP contribution is 2.13. The number of anilines is 1. The smallest absolute Gasteiger partial charge is 0.267 e. The Bertz CT molecular complexity index is 1080. The lowest BCUT2D eigenvalue weighted by Crippen LogP contribution is -2.50. The summed E-state index contributed by atoms with van der Waals surface area (Å²) < 4.78 is 0. The van der Waals surface area contributed by atoms with Gasteiger partial charge >= 0.3 is 0 Å². The SMILES string of the molecule is NC[C@H](NC(=O)c1ccc(C#Cc2ccc(NC(=O)CN3CCCC3N)cc2)cc1)C(=O)NO. The van der Waals surface area contributed by atoms with Crippen LogP contribution in [0.15, 0.2) is 48.5 Å². The van der Waals surface area contributed by atoms with E-state index < -0.39 is 17.9 Å². The van der Waals surface area contributed by atoms with Crippen LogP contribution in [0, 0.1) is 11.8 Å². The number of hydrogen-bond acceptors (Lipinski definition) is 7. The first-order valence-corrected chi connectivity index (χ1v) is 10.9. The van der Waals surface area contributed by atoms with Crippen molar-refractivity contribution >= 4 is 23.4 Å². The fourth-order valence-corrected chi connectivity index (χ4v) is 3.47. The van der Waals surface area contributed by atoms with Crippen LogP contribution in [0.4, 0.5) is 5.69 Å². The third kappa shape index (κ3) is 6.87. The predicted molar refractivity (Wildman–Crippen MR) is 127 cm³/mol. The summed E-state index contributed by atoms with van der Waals surface area (Å²) in [5, 5.41) is 14.0. The van der Waals surface area contributed by atoms with Crippen LogP contribution >= 0.6 is 0 Å². The van der Waals surface area contributed by atoms with Crippen molar-refractivity contribution in [1.82, 2.24) is 15.7 Å². The molecule has 10 heteroatoms. The largest absolute Gasteiger partial charge is 0.339 e. The lowest BCUT2D eigenvalue weighted by molar-refractivity contribution is -0.130. The summed E-state index contributed by atoms with van der Waals surface area (Å²) in [6, 6.07) is 12.7. The molecule has 1 saturated heterocycles. The molecule has 1 aliphatic rings. The number of carbonyl (C=O) groups is 3. The normalized spacial score (nSPS) is 16.1. The molecule has 178 valence electrons. The van der Waals surface area contributed by atoms with Gasteiger partial charge in [-0.05, 0) is 61.4 Å². The van der Waals surface area contributed by atoms with Gasteiger partial charge in [-0.15, -0.1) is 0 Å². The fraction of sp³-hybridized carbons (Fsp3) is 0.292. The molecule has 10 nitrogen and oxygen atoms in total. The minimum Gasteiger partial charge on any atom is -0.339 e. The Morgan fingerprint density at radius 1 is 1.06 bits per heavy atom. The molecule has 0 aliphatic carbocycles. The Labute approximate surface area is 197 Å². The van der Waals surface area contributed by atoms with E-state index >= 15 is 0 Å². The predicted octanol–water partition coefficient (Wildman–Crippen LogP) is -0.0320. The molecule has 34 heavy (non-hydrogen) atoms. The van der Waals surface area contributed by atoms with E-state index in [1.165, 1.54) is 5.48 Å². The zero-order chi connectivity index (χ0) is 24.5. The third-order valence-corrected chi connectivity index (χ3v) is 5.40. The summed E-state index contributed by atoms with van der Waals surface area (Å²) in [4.78, 5) is 37.9. The number of nitrogens with zero attached hydrogens (tertiary/aromatic N) is 1. The third-order valence-electron chi connectivity index (χ3n) is 5.40. The van der Waals surface area contributed by atoms with Crippen LogP contribution in [0.25, 0.3) is 0 Å². The van der Waals surface area contributed by atoms with Gasteiger partial charge < -0.3 is 22.1 Å². The second kappa shape index (κ2) is 11.9. The Kier molecular flexibility index (Phi) is 8.73. The van der Waals surface area contributed by atoms with Gasteiger partial charge in [-0.25, -0.2) is 5.48 Å². The molecule has 3 rings (SSSR count). The highest BCUT2D eigenvalue weighted by atomic mass is 16.5. The number of amides is 3. The summed E-state index contributed by atoms with van der Waals surface area (Å²) >= 11 is 0. The lowest BCUT2D eigenvalue weighted by atomic mass is 10.1. The molecule has 3 amide bonds. The first kappa shape index (κ1) is 24.9. The van der Waals surface area contributed by atoms with Crippen LogP contribution in [0.1, 0.15) is 34.3 Å². The molecule has 0 saturated carbocycles. The summed E-state index contributed by atoms with van der Waals surface area (Å²) in [7, 11) is 0. The molecule has 0 spiro atoms. The standard InChI is InChI=1S/C24H28N6O4/c25-14-20(24(33)29-34)28-23(32)18-9-5-16(6-10-18)3-4-17-7-11-19(12-8-17)27-22(31)15-30-13-1-2-21(30)26/h5-12,20-21,34H,1-2,13-15,25-26H2,(H,27,31)(H,28,32)(H,29,33)/t20-,21?/m0/s1. The van der Waals surface area contributed by atoms with Crippen molar-refractivity contribution < 1.29 is 19.6 Å². The van der Waals surface area contributed by atoms with Gasteiger partial charge in [0.05, 0.1) is 12.7 Å². The number of carbonyl (C=O) groups excluding carboxylic acids is 3. The van der Waals surface area contributed by atoms with Gasteiger partial charge in [0, 0.05) is 35.5 Å². The van der Waals surface area contributed by atoms with E-state index in [1.807, 2.05) is 17.0 Å². The van der Waals surface area contributed by atoms with Gasteiger partial charge in [-0.3, -0.25) is 24.5 Å². The maximum Gasteiger partial charge on any atom is 0.267 e. The summed E-state index contributed by atoms with van der Waals surface area (Å²) in [6.07, 6.45) is 1.87. The molecule has 1 unspecified atom stereocenters. The lowest BCUT2D eigenvalue weighted by Gasteiger charge is -2.19. The Balaban J connectivity index is 1.54. The van der Waals surface area contributed by atoms with Crippen molar-refractivity contribution in [2.45, 2.75) is 25.0 Å². The molecule has 0 aromatic heterocycles. The number of nitrogens with one attached hydrogen (secondary N) is 3. The van der Waals surface area contributed by atoms with Crippen molar-refractivity contribution in [3.8, 4) is 11.8 Å². The number of rotatable bonds is 7. The molecule has 1 aliphatic heterocycles. The molecule has 1 heterocycles. The van der Waals surface area contributed by atoms with Crippen LogP contribution in [-0.4, -0.2) is 59.7 Å². The van der Waals surface area contributed by atoms with E-state index in [1.54, 1.807) is 36.4 Å². The molecular weight excluding hydrogens is 436 g/mol. The van der Waals surface area contributed by atoms with Crippen LogP contribution in [0.5, 0.6) is 0 Å². The minimum absolute atomic E-state index is 0.0533. The highest BCUT2D eigenvalue weighted by molar-refractivity contribution is 5.97. The first-order chi connectivity index (χ1) is 16.4. The zero-order valence-corrected chi connectivity index (χ0v) is 18.6. The van der Waals surface area contributed by atoms with Gasteiger partial charge in [0.25, 0.3) is 11.8 Å². The molecule has 0 radical (unpaired) electrons. The van der Waals surface area contributed by atoms with Crippen LogP contribution in [0.3, 0.4) is 0 Å². The van der Waals surface area contributed by atoms with E-state index in [-0.39, 0.29) is 25.2 Å². The first-order valence-electron chi connectivity index (χ1n) is 10.9. The van der Waals surface area contributed by atoms with Crippen molar-refractivity contribution in [3.63, 3.8) is 0 Å². The second-order valence-corrected chi connectivity index (χ2v) is 7.87. The van der Waals surface area contributed by atoms with E-state index in [0.717, 1.165) is 24.9 Å². The molecule has 0 bridgehead atoms. The van der Waals surface area contributed by atoms with Crippen LogP contribution in [0.2, 0.25) is 0 Å². The number of hydrogen-bond donors (Lipinski definition) is 6. The van der Waals surface area contributed by atoms with Crippen LogP contribution < -0.4 is 27.6 Å². The number of hydroxylamine groups is 1. The second-order valence-electron chi connectivity index (χ2n) is 7.87. The molecule has 1 fully saturated rings. The van der Waals surface area contributed by atoms with Crippen LogP contribution in [-0.2, 0) is 9.59 Å². The van der Waals surface area contributed by atoms with Crippen molar-refractivity contribution in [1.29, 1.82) is 0 Å². The average Bonchev–Trinajstić information content (AvgIpc) is 3.25. The zero-order valence-electron chi connectivity index (χ0n) is 18.6. The van der Waals surface area contributed by atoms with Crippen molar-refractivity contribution in [2.75, 3.05) is 25.0 Å². The van der Waals surface area contributed by atoms with Gasteiger partial charge in [-0.2, -0.15) is 0 Å². The summed E-state index contributed by atoms with van der Waals surface area (Å²) in [6.45, 7) is 0.957. The van der Waals surface area contributed by atoms with Crippen molar-refractivity contribution in [3.05, 3.63) is 65.2 Å². The minimum atomic E-state index is -1.04. The quantitative estimate of drug-likeness (QED) is 0.190. The monoisotopic (exact) mass is 464 g/mol. The van der Waals surface area contributed by atoms with Gasteiger partial charge in [0.15, 0.2) is 0 Å². The van der Waals surface area contributed by atoms with Crippen molar-refractivity contribution in [2.24, 2.45) is 11.5 Å². The Morgan fingerprint density at radius 2 is 1.68 bits per heavy atom. The molecular formula is C24H28N6O4. The van der Waals surface area contributed by atoms with E-state index in [4.69, 9.17) is 16.7 Å². The van der Waals surface area contributed by atoms with Gasteiger partial charge in [0.2, 0.25) is 5.91 Å². The molecule has 2 aromatic carbocycles. The Morgan fingerprint density at radius 3 is 2.21 bits per heavy atom. The highest BCUT2D eigenvalue weighted by Gasteiger charge is 2.22. The fourth-order valence-electron chi connectivity index (χ4n) is 3.47. The van der Waals surface area contributed by atoms with E-state index in [0.29, 0.717) is 16.8 Å². The summed E-state index contributed by atoms with van der Waals surface area (Å²) in [5.41, 5.74) is 15.3. The Hall–Kier alpha value is -3.75. The number of nitrogens with two attached hydrogens (primary N) is 2. The summed E-state index contributed by atoms with van der Waals surface area (Å²) in [5.74, 6) is 4.66. The van der Waals surface area contributed by atoms with Gasteiger partial charge in [0.1, 0.15) is 6.04 Å². The number of likely N-dealkylation sites (tertiary alicyclic amines) is 1. The number of benzene rings is 2. The molecule has 2 atom stereocenters. The maximum atomic E-state index is 12.2. The topological polar surface area (TPSA) is 163 Å². The molecule has 8 N–H and O–H groups in total. The van der Waals surface area contributed by atoms with E-state index in [2.05, 4.69) is 22.5 Å². The maximum absolute atomic E-state index is 12.2. The van der Waals surface area contributed by atoms with E-state index in [9.17, 15) is 14.4 Å². The van der Waals surface area contributed by atoms with Gasteiger partial charge in [-0.1, -0.05) is 11.8 Å². The molecule has 2 aromatic rings.